The van der Waals surface area contributed by atoms with E-state index in [2.05, 4.69) is 10.0 Å². The fraction of sp³-hybridized carbons (Fsp3) is 0.500. The number of para-hydroxylation sites is 1. The second-order valence-corrected chi connectivity index (χ2v) is 6.98. The predicted octanol–water partition coefficient (Wildman–Crippen LogP) is 1.86. The third kappa shape index (κ3) is 4.23. The number of nitrogens with one attached hydrogen (secondary N) is 2. The average Bonchev–Trinajstić information content (AvgIpc) is 2.89. The molecular weight excluding hydrogens is 276 g/mol. The molecule has 1 aliphatic rings. The van der Waals surface area contributed by atoms with Gasteiger partial charge in [0.05, 0.1) is 11.9 Å². The van der Waals surface area contributed by atoms with E-state index >= 15 is 0 Å². The van der Waals surface area contributed by atoms with E-state index in [1.165, 1.54) is 0 Å². The normalized spacial score (nSPS) is 16.1. The van der Waals surface area contributed by atoms with Crippen molar-refractivity contribution in [3.8, 4) is 0 Å². The van der Waals surface area contributed by atoms with Gasteiger partial charge in [-0.05, 0) is 24.5 Å². The molecule has 0 aliphatic heterocycles. The molecule has 2 rings (SSSR count). The summed E-state index contributed by atoms with van der Waals surface area (Å²) < 4.78 is 25.1. The molecule has 1 saturated carbocycles. The molecule has 0 aromatic heterocycles. The number of hydrogen-bond donors (Lipinski definition) is 2. The lowest BCUT2D eigenvalue weighted by Gasteiger charge is -2.13. The first kappa shape index (κ1) is 14.8. The van der Waals surface area contributed by atoms with Gasteiger partial charge in [-0.1, -0.05) is 31.0 Å². The highest BCUT2D eigenvalue weighted by molar-refractivity contribution is 7.92. The van der Waals surface area contributed by atoms with Crippen molar-refractivity contribution in [1.29, 1.82) is 0 Å². The van der Waals surface area contributed by atoms with Crippen LogP contribution in [0.4, 0.5) is 5.69 Å². The van der Waals surface area contributed by atoms with Gasteiger partial charge in [-0.2, -0.15) is 0 Å². The van der Waals surface area contributed by atoms with Gasteiger partial charge in [0.15, 0.2) is 0 Å². The number of benzene rings is 1. The summed E-state index contributed by atoms with van der Waals surface area (Å²) in [6.45, 7) is 0.341. The number of carbonyl (C=O) groups is 1. The number of hydrogen-bond acceptors (Lipinski definition) is 3. The zero-order valence-electron chi connectivity index (χ0n) is 11.6. The van der Waals surface area contributed by atoms with Crippen LogP contribution in [-0.2, 0) is 21.4 Å². The number of anilines is 1. The lowest BCUT2D eigenvalue weighted by Crippen LogP contribution is -2.29. The molecule has 1 aliphatic carbocycles. The minimum Gasteiger partial charge on any atom is -0.352 e. The Labute approximate surface area is 119 Å². The summed E-state index contributed by atoms with van der Waals surface area (Å²) in [4.78, 5) is 12.0. The molecule has 1 aromatic rings. The molecule has 0 saturated heterocycles. The molecule has 5 nitrogen and oxygen atoms in total. The predicted molar refractivity (Wildman–Crippen MR) is 78.7 cm³/mol. The van der Waals surface area contributed by atoms with E-state index in [4.69, 9.17) is 0 Å². The van der Waals surface area contributed by atoms with E-state index in [9.17, 15) is 13.2 Å². The van der Waals surface area contributed by atoms with Gasteiger partial charge in [0.2, 0.25) is 15.9 Å². The van der Waals surface area contributed by atoms with E-state index < -0.39 is 10.0 Å². The lowest BCUT2D eigenvalue weighted by molar-refractivity contribution is -0.124. The summed E-state index contributed by atoms with van der Waals surface area (Å²) in [5.41, 5.74) is 1.28. The first-order valence-corrected chi connectivity index (χ1v) is 8.68. The van der Waals surface area contributed by atoms with Crippen molar-refractivity contribution in [2.75, 3.05) is 11.0 Å². The van der Waals surface area contributed by atoms with Crippen LogP contribution in [0, 0.1) is 5.92 Å². The Morgan fingerprint density at radius 1 is 1.25 bits per heavy atom. The van der Waals surface area contributed by atoms with E-state index in [1.807, 2.05) is 12.1 Å². The highest BCUT2D eigenvalue weighted by atomic mass is 32.2. The van der Waals surface area contributed by atoms with Crippen molar-refractivity contribution >= 4 is 21.6 Å². The number of rotatable bonds is 5. The highest BCUT2D eigenvalue weighted by Gasteiger charge is 2.22. The monoisotopic (exact) mass is 296 g/mol. The van der Waals surface area contributed by atoms with Crippen LogP contribution in [0.3, 0.4) is 0 Å². The maximum absolute atomic E-state index is 12.0. The molecule has 0 bridgehead atoms. The average molecular weight is 296 g/mol. The summed E-state index contributed by atoms with van der Waals surface area (Å²) in [5.74, 6) is 0.182. The van der Waals surface area contributed by atoms with Crippen molar-refractivity contribution < 1.29 is 13.2 Å². The summed E-state index contributed by atoms with van der Waals surface area (Å²) >= 11 is 0. The maximum Gasteiger partial charge on any atom is 0.229 e. The quantitative estimate of drug-likeness (QED) is 0.871. The Bertz CT molecular complexity index is 578. The first-order valence-electron chi connectivity index (χ1n) is 6.79. The Balaban J connectivity index is 2.00. The molecule has 0 radical (unpaired) electrons. The Kier molecular flexibility index (Phi) is 4.65. The number of amides is 1. The van der Waals surface area contributed by atoms with Gasteiger partial charge in [-0.3, -0.25) is 9.52 Å². The Morgan fingerprint density at radius 2 is 1.90 bits per heavy atom. The highest BCUT2D eigenvalue weighted by Crippen LogP contribution is 2.25. The first-order chi connectivity index (χ1) is 9.46. The fourth-order valence-electron chi connectivity index (χ4n) is 2.49. The van der Waals surface area contributed by atoms with Gasteiger partial charge in [-0.15, -0.1) is 0 Å². The molecule has 1 fully saturated rings. The van der Waals surface area contributed by atoms with Crippen molar-refractivity contribution in [3.63, 3.8) is 0 Å². The molecule has 0 unspecified atom stereocenters. The van der Waals surface area contributed by atoms with Gasteiger partial charge in [-0.25, -0.2) is 8.42 Å². The zero-order chi connectivity index (χ0) is 14.6. The maximum atomic E-state index is 12.0. The minimum absolute atomic E-state index is 0.0664. The van der Waals surface area contributed by atoms with Gasteiger partial charge < -0.3 is 5.32 Å². The van der Waals surface area contributed by atoms with E-state index in [1.54, 1.807) is 12.1 Å². The van der Waals surface area contributed by atoms with Gasteiger partial charge in [0.1, 0.15) is 0 Å². The largest absolute Gasteiger partial charge is 0.352 e. The fourth-order valence-corrected chi connectivity index (χ4v) is 3.09. The van der Waals surface area contributed by atoms with E-state index in [-0.39, 0.29) is 11.8 Å². The molecule has 110 valence electrons. The Hall–Kier alpha value is -1.56. The van der Waals surface area contributed by atoms with E-state index in [0.717, 1.165) is 37.5 Å². The Morgan fingerprint density at radius 3 is 2.55 bits per heavy atom. The van der Waals surface area contributed by atoms with Gasteiger partial charge >= 0.3 is 0 Å². The second kappa shape index (κ2) is 6.26. The van der Waals surface area contributed by atoms with Crippen LogP contribution in [0.25, 0.3) is 0 Å². The number of sulfonamides is 1. The summed E-state index contributed by atoms with van der Waals surface area (Å²) in [7, 11) is -3.32. The molecular formula is C14H20N2O3S. The molecule has 1 amide bonds. The lowest BCUT2D eigenvalue weighted by atomic mass is 10.1. The standard InChI is InChI=1S/C14H20N2O3S/c1-20(18,19)16-13-9-5-4-8-12(13)10-15-14(17)11-6-2-3-7-11/h4-5,8-9,11,16H,2-3,6-7,10H2,1H3,(H,15,17). The third-order valence-corrected chi connectivity index (χ3v) is 4.08. The summed E-state index contributed by atoms with van der Waals surface area (Å²) in [6.07, 6.45) is 5.25. The molecule has 0 heterocycles. The third-order valence-electron chi connectivity index (χ3n) is 3.49. The zero-order valence-corrected chi connectivity index (χ0v) is 12.4. The van der Waals surface area contributed by atoms with Crippen LogP contribution in [0.1, 0.15) is 31.2 Å². The number of carbonyl (C=O) groups excluding carboxylic acids is 1. The molecule has 1 aromatic carbocycles. The van der Waals surface area contributed by atoms with Crippen LogP contribution in [0.2, 0.25) is 0 Å². The van der Waals surface area contributed by atoms with Crippen molar-refractivity contribution in [1.82, 2.24) is 5.32 Å². The molecule has 20 heavy (non-hydrogen) atoms. The van der Waals surface area contributed by atoms with Crippen LogP contribution in [0.15, 0.2) is 24.3 Å². The second-order valence-electron chi connectivity index (χ2n) is 5.23. The topological polar surface area (TPSA) is 75.3 Å². The SMILES string of the molecule is CS(=O)(=O)Nc1ccccc1CNC(=O)C1CCCC1. The summed E-state index contributed by atoms with van der Waals surface area (Å²) in [5, 5.41) is 2.89. The van der Waals surface area contributed by atoms with Crippen LogP contribution < -0.4 is 10.0 Å². The summed E-state index contributed by atoms with van der Waals surface area (Å²) in [6, 6.07) is 7.08. The smallest absolute Gasteiger partial charge is 0.229 e. The van der Waals surface area contributed by atoms with Gasteiger partial charge in [0.25, 0.3) is 0 Å². The minimum atomic E-state index is -3.32. The molecule has 0 atom stereocenters. The van der Waals surface area contributed by atoms with Crippen molar-refractivity contribution in [3.05, 3.63) is 29.8 Å². The van der Waals surface area contributed by atoms with Crippen LogP contribution in [-0.4, -0.2) is 20.6 Å². The molecule has 0 spiro atoms. The molecule has 6 heteroatoms. The molecule has 2 N–H and O–H groups in total. The van der Waals surface area contributed by atoms with Crippen LogP contribution in [0.5, 0.6) is 0 Å². The van der Waals surface area contributed by atoms with Crippen LogP contribution >= 0.6 is 0 Å². The van der Waals surface area contributed by atoms with Crippen molar-refractivity contribution in [2.45, 2.75) is 32.2 Å². The van der Waals surface area contributed by atoms with Gasteiger partial charge in [0, 0.05) is 12.5 Å². The van der Waals surface area contributed by atoms with E-state index in [0.29, 0.717) is 12.2 Å². The van der Waals surface area contributed by atoms with Crippen molar-refractivity contribution in [2.24, 2.45) is 5.92 Å².